The zero-order chi connectivity index (χ0) is 28.6. The van der Waals surface area contributed by atoms with E-state index in [0.717, 1.165) is 28.7 Å². The first kappa shape index (κ1) is 30.7. The first-order valence-electron chi connectivity index (χ1n) is 14.2. The summed E-state index contributed by atoms with van der Waals surface area (Å²) in [6.45, 7) is 13.0. The van der Waals surface area contributed by atoms with E-state index in [1.807, 2.05) is 61.5 Å². The summed E-state index contributed by atoms with van der Waals surface area (Å²) < 4.78 is 17.5. The van der Waals surface area contributed by atoms with Crippen molar-refractivity contribution in [2.75, 3.05) is 13.2 Å². The molecule has 0 aliphatic carbocycles. The van der Waals surface area contributed by atoms with Crippen molar-refractivity contribution in [3.05, 3.63) is 54.6 Å². The molecule has 0 aliphatic rings. The van der Waals surface area contributed by atoms with Crippen molar-refractivity contribution >= 4 is 16.9 Å². The molecular weight excluding hydrogens is 492 g/mol. The van der Waals surface area contributed by atoms with Crippen LogP contribution in [0.15, 0.2) is 59.0 Å². The van der Waals surface area contributed by atoms with Gasteiger partial charge in [0.2, 0.25) is 0 Å². The van der Waals surface area contributed by atoms with Crippen LogP contribution < -0.4 is 4.74 Å². The van der Waals surface area contributed by atoms with Gasteiger partial charge in [0, 0.05) is 17.0 Å². The Morgan fingerprint density at radius 2 is 1.54 bits per heavy atom. The number of ether oxygens (including phenoxy) is 2. The second-order valence-corrected chi connectivity index (χ2v) is 12.3. The number of furan rings is 1. The third kappa shape index (κ3) is 8.33. The molecule has 1 heterocycles. The van der Waals surface area contributed by atoms with Gasteiger partial charge in [0.15, 0.2) is 0 Å². The van der Waals surface area contributed by atoms with Crippen LogP contribution in [0.1, 0.15) is 73.6 Å². The minimum Gasteiger partial charge on any atom is -0.493 e. The monoisotopic (exact) mass is 538 g/mol. The number of carbonyl (C=O) groups excluding carboxylic acids is 1. The van der Waals surface area contributed by atoms with Gasteiger partial charge in [-0.15, -0.1) is 0 Å². The number of hydrogen-bond donors (Lipinski definition) is 2. The number of esters is 1. The predicted molar refractivity (Wildman–Crippen MR) is 156 cm³/mol. The van der Waals surface area contributed by atoms with Crippen molar-refractivity contribution < 1.29 is 28.9 Å². The van der Waals surface area contributed by atoms with Gasteiger partial charge in [-0.25, -0.2) is 0 Å². The molecule has 0 radical (unpaired) electrons. The molecule has 1 aromatic heterocycles. The smallest absolute Gasteiger partial charge is 0.312 e. The lowest BCUT2D eigenvalue weighted by Crippen LogP contribution is -2.42. The lowest BCUT2D eigenvalue weighted by atomic mass is 9.64. The van der Waals surface area contributed by atoms with E-state index in [1.165, 1.54) is 0 Å². The van der Waals surface area contributed by atoms with Crippen LogP contribution in [-0.4, -0.2) is 41.6 Å². The Hall–Kier alpha value is -2.83. The summed E-state index contributed by atoms with van der Waals surface area (Å²) in [6.07, 6.45) is 0.899. The number of aliphatic hydroxyl groups is 2. The van der Waals surface area contributed by atoms with E-state index in [9.17, 15) is 15.0 Å². The largest absolute Gasteiger partial charge is 0.493 e. The lowest BCUT2D eigenvalue weighted by Gasteiger charge is -2.40. The molecule has 3 rings (SSSR count). The summed E-state index contributed by atoms with van der Waals surface area (Å²) in [6, 6.07) is 17.7. The third-order valence-electron chi connectivity index (χ3n) is 7.71. The second-order valence-electron chi connectivity index (χ2n) is 12.3. The predicted octanol–water partition coefficient (Wildman–Crippen LogP) is 7.40. The maximum absolute atomic E-state index is 12.9. The fourth-order valence-corrected chi connectivity index (χ4v) is 4.84. The normalized spacial score (nSPS) is 15.2. The Morgan fingerprint density at radius 3 is 2.15 bits per heavy atom. The van der Waals surface area contributed by atoms with E-state index in [0.29, 0.717) is 44.0 Å². The van der Waals surface area contributed by atoms with Gasteiger partial charge in [-0.2, -0.15) is 0 Å². The van der Waals surface area contributed by atoms with Crippen molar-refractivity contribution in [2.24, 2.45) is 16.7 Å². The minimum absolute atomic E-state index is 0.195. The van der Waals surface area contributed by atoms with Crippen LogP contribution in [0.5, 0.6) is 5.75 Å². The molecule has 0 bridgehead atoms. The van der Waals surface area contributed by atoms with E-state index >= 15 is 0 Å². The summed E-state index contributed by atoms with van der Waals surface area (Å²) in [4.78, 5) is 12.9. The van der Waals surface area contributed by atoms with Gasteiger partial charge in [0.1, 0.15) is 17.1 Å². The van der Waals surface area contributed by atoms with Gasteiger partial charge >= 0.3 is 5.97 Å². The highest BCUT2D eigenvalue weighted by Gasteiger charge is 2.45. The van der Waals surface area contributed by atoms with Gasteiger partial charge in [-0.3, -0.25) is 4.79 Å². The van der Waals surface area contributed by atoms with Crippen LogP contribution in [0.3, 0.4) is 0 Å². The maximum atomic E-state index is 12.9. The van der Waals surface area contributed by atoms with Crippen molar-refractivity contribution in [1.82, 2.24) is 0 Å². The molecule has 0 saturated carbocycles. The van der Waals surface area contributed by atoms with Crippen molar-refractivity contribution in [3.63, 3.8) is 0 Å². The van der Waals surface area contributed by atoms with Gasteiger partial charge in [0.05, 0.1) is 30.8 Å². The van der Waals surface area contributed by atoms with Crippen LogP contribution in [0.2, 0.25) is 0 Å². The van der Waals surface area contributed by atoms with Crippen LogP contribution in [0.4, 0.5) is 0 Å². The van der Waals surface area contributed by atoms with Crippen LogP contribution >= 0.6 is 0 Å². The summed E-state index contributed by atoms with van der Waals surface area (Å²) >= 11 is 0. The number of carbonyl (C=O) groups is 1. The number of rotatable bonds is 14. The summed E-state index contributed by atoms with van der Waals surface area (Å²) in [5.74, 6) is 1.70. The fourth-order valence-electron chi connectivity index (χ4n) is 4.84. The van der Waals surface area contributed by atoms with Gasteiger partial charge < -0.3 is 24.1 Å². The van der Waals surface area contributed by atoms with Crippen molar-refractivity contribution in [3.8, 4) is 17.1 Å². The summed E-state index contributed by atoms with van der Waals surface area (Å²) in [5.41, 5.74) is 0.984. The Morgan fingerprint density at radius 1 is 0.897 bits per heavy atom. The molecular formula is C33H46O6. The van der Waals surface area contributed by atoms with Gasteiger partial charge in [-0.1, -0.05) is 65.0 Å². The Labute approximate surface area is 233 Å². The quantitative estimate of drug-likeness (QED) is 0.164. The number of fused-ring (bicyclic) bond motifs is 1. The summed E-state index contributed by atoms with van der Waals surface area (Å²) in [5, 5.41) is 21.8. The highest BCUT2D eigenvalue weighted by atomic mass is 16.5. The zero-order valence-electron chi connectivity index (χ0n) is 24.4. The SMILES string of the molecule is CC(C)CC(C)(C(=O)OCCCC(O)C(O)CCCOc1ccc2cc(-c3ccccc3)oc2c1)C(C)(C)C. The number of benzene rings is 2. The number of aliphatic hydroxyl groups excluding tert-OH is 2. The molecule has 3 aromatic rings. The average Bonchev–Trinajstić information content (AvgIpc) is 3.31. The van der Waals surface area contributed by atoms with Crippen LogP contribution in [-0.2, 0) is 9.53 Å². The van der Waals surface area contributed by atoms with E-state index in [1.54, 1.807) is 0 Å². The van der Waals surface area contributed by atoms with E-state index in [2.05, 4.69) is 34.6 Å². The molecule has 3 atom stereocenters. The van der Waals surface area contributed by atoms with Crippen LogP contribution in [0, 0.1) is 16.7 Å². The molecule has 2 aromatic carbocycles. The molecule has 3 unspecified atom stereocenters. The number of hydrogen-bond acceptors (Lipinski definition) is 6. The fraction of sp³-hybridized carbons (Fsp3) is 0.545. The molecule has 6 heteroatoms. The molecule has 0 amide bonds. The summed E-state index contributed by atoms with van der Waals surface area (Å²) in [7, 11) is 0. The van der Waals surface area contributed by atoms with Crippen molar-refractivity contribution in [1.29, 1.82) is 0 Å². The minimum atomic E-state index is -0.871. The molecule has 6 nitrogen and oxygen atoms in total. The average molecular weight is 539 g/mol. The Kier molecular flexibility index (Phi) is 10.6. The molecule has 0 fully saturated rings. The van der Waals surface area contributed by atoms with Gasteiger partial charge in [0.25, 0.3) is 0 Å². The van der Waals surface area contributed by atoms with Crippen molar-refractivity contribution in [2.45, 2.75) is 85.9 Å². The Balaban J connectivity index is 1.37. The zero-order valence-corrected chi connectivity index (χ0v) is 24.4. The van der Waals surface area contributed by atoms with E-state index in [-0.39, 0.29) is 18.0 Å². The standard InChI is InChI=1S/C33H46O6/c1-23(2)22-33(6,32(3,4)5)31(36)38-19-11-15-28(35)27(34)14-10-18-37-26-17-16-25-20-29(39-30(25)21-26)24-12-8-7-9-13-24/h7-9,12-13,16-17,20-21,23,27-28,34-35H,10-11,14-15,18-19,22H2,1-6H3. The molecule has 214 valence electrons. The Bertz CT molecular complexity index is 1180. The third-order valence-corrected chi connectivity index (χ3v) is 7.71. The van der Waals surface area contributed by atoms with Crippen LogP contribution in [0.25, 0.3) is 22.3 Å². The molecule has 2 N–H and O–H groups in total. The van der Waals surface area contributed by atoms with E-state index < -0.39 is 17.6 Å². The topological polar surface area (TPSA) is 89.1 Å². The lowest BCUT2D eigenvalue weighted by molar-refractivity contribution is -0.163. The highest BCUT2D eigenvalue weighted by Crippen LogP contribution is 2.44. The molecule has 39 heavy (non-hydrogen) atoms. The van der Waals surface area contributed by atoms with E-state index in [4.69, 9.17) is 13.9 Å². The molecule has 0 saturated heterocycles. The van der Waals surface area contributed by atoms with Gasteiger partial charge in [-0.05, 0) is 68.6 Å². The molecule has 0 spiro atoms. The first-order chi connectivity index (χ1) is 18.4. The first-order valence-corrected chi connectivity index (χ1v) is 14.2. The molecule has 0 aliphatic heterocycles. The highest BCUT2D eigenvalue weighted by molar-refractivity contribution is 5.84. The maximum Gasteiger partial charge on any atom is 0.312 e. The second kappa shape index (κ2) is 13.5.